The lowest BCUT2D eigenvalue weighted by molar-refractivity contribution is -0.121. The number of hydrogen-bond acceptors (Lipinski definition) is 2. The molecule has 112 valence electrons. The molecule has 3 rings (SSSR count). The Balaban J connectivity index is 1.67. The maximum Gasteiger partial charge on any atom is 0.163 e. The molecule has 2 fully saturated rings. The molecule has 2 heteroatoms. The lowest BCUT2D eigenvalue weighted by Gasteiger charge is -2.32. The van der Waals surface area contributed by atoms with E-state index in [-0.39, 0.29) is 5.92 Å². The maximum absolute atomic E-state index is 12.7. The minimum Gasteiger partial charge on any atom is -0.303 e. The van der Waals surface area contributed by atoms with Crippen molar-refractivity contribution in [3.8, 4) is 0 Å². The van der Waals surface area contributed by atoms with Gasteiger partial charge in [0.15, 0.2) is 5.78 Å². The van der Waals surface area contributed by atoms with Gasteiger partial charge in [0.2, 0.25) is 0 Å². The molecule has 1 heterocycles. The Morgan fingerprint density at radius 1 is 1.05 bits per heavy atom. The third kappa shape index (κ3) is 3.82. The molecule has 0 aromatic heterocycles. The highest BCUT2D eigenvalue weighted by molar-refractivity contribution is 6.01. The minimum absolute atomic E-state index is 0.229. The first kappa shape index (κ1) is 14.5. The van der Waals surface area contributed by atoms with Crippen molar-refractivity contribution in [1.29, 1.82) is 0 Å². The molecule has 0 amide bonds. The average molecular weight is 283 g/mol. The fraction of sp³-hybridized carbons (Fsp3) is 0.526. The largest absolute Gasteiger partial charge is 0.303 e. The van der Waals surface area contributed by atoms with Crippen LogP contribution in [-0.2, 0) is 4.79 Å². The van der Waals surface area contributed by atoms with Crippen LogP contribution in [0.25, 0.3) is 6.08 Å². The van der Waals surface area contributed by atoms with Crippen LogP contribution in [0.5, 0.6) is 0 Å². The number of allylic oxidation sites excluding steroid dienone is 1. The first-order valence-corrected chi connectivity index (χ1v) is 8.35. The normalized spacial score (nSPS) is 26.2. The summed E-state index contributed by atoms with van der Waals surface area (Å²) < 4.78 is 0. The SMILES string of the molecule is O=C1/C(=C\c2ccccc2)CCC[C@H]1CN1CCCCC1. The molecule has 1 aromatic carbocycles. The molecule has 1 saturated heterocycles. The van der Waals surface area contributed by atoms with Crippen LogP contribution >= 0.6 is 0 Å². The van der Waals surface area contributed by atoms with E-state index in [4.69, 9.17) is 0 Å². The summed E-state index contributed by atoms with van der Waals surface area (Å²) in [6.45, 7) is 3.34. The van der Waals surface area contributed by atoms with E-state index in [9.17, 15) is 4.79 Å². The standard InChI is InChI=1S/C19H25NO/c21-19-17(14-16-8-3-1-4-9-16)10-7-11-18(19)15-20-12-5-2-6-13-20/h1,3-4,8-9,14,18H,2,5-7,10-13,15H2/b17-14-/t18-/m0/s1. The predicted molar refractivity (Wildman–Crippen MR) is 87.1 cm³/mol. The van der Waals surface area contributed by atoms with Crippen molar-refractivity contribution in [1.82, 2.24) is 4.90 Å². The van der Waals surface area contributed by atoms with E-state index in [2.05, 4.69) is 23.1 Å². The number of likely N-dealkylation sites (tertiary alicyclic amines) is 1. The number of ketones is 1. The van der Waals surface area contributed by atoms with Crippen LogP contribution in [0.1, 0.15) is 44.1 Å². The lowest BCUT2D eigenvalue weighted by atomic mass is 9.83. The van der Waals surface area contributed by atoms with Gasteiger partial charge in [0, 0.05) is 12.5 Å². The molecule has 1 atom stereocenters. The Kier molecular flexibility index (Phi) is 4.87. The molecule has 2 aliphatic rings. The van der Waals surface area contributed by atoms with Crippen LogP contribution in [0.2, 0.25) is 0 Å². The van der Waals surface area contributed by atoms with Crippen molar-refractivity contribution in [2.75, 3.05) is 19.6 Å². The van der Waals surface area contributed by atoms with Gasteiger partial charge in [0.25, 0.3) is 0 Å². The molecule has 0 unspecified atom stereocenters. The van der Waals surface area contributed by atoms with Gasteiger partial charge in [-0.1, -0.05) is 36.8 Å². The predicted octanol–water partition coefficient (Wildman–Crippen LogP) is 3.93. The molecule has 1 aromatic rings. The van der Waals surface area contributed by atoms with Crippen molar-refractivity contribution < 1.29 is 4.79 Å². The molecule has 0 spiro atoms. The summed E-state index contributed by atoms with van der Waals surface area (Å²) in [6.07, 6.45) is 9.23. The number of benzene rings is 1. The van der Waals surface area contributed by atoms with E-state index >= 15 is 0 Å². The van der Waals surface area contributed by atoms with Crippen LogP contribution in [0.15, 0.2) is 35.9 Å². The number of carbonyl (C=O) groups excluding carboxylic acids is 1. The molecular formula is C19H25NO. The molecule has 1 saturated carbocycles. The zero-order chi connectivity index (χ0) is 14.5. The summed E-state index contributed by atoms with van der Waals surface area (Å²) in [6, 6.07) is 10.2. The van der Waals surface area contributed by atoms with Crippen LogP contribution in [-0.4, -0.2) is 30.3 Å². The van der Waals surface area contributed by atoms with Crippen LogP contribution in [0.3, 0.4) is 0 Å². The highest BCUT2D eigenvalue weighted by Crippen LogP contribution is 2.28. The van der Waals surface area contributed by atoms with Gasteiger partial charge in [-0.05, 0) is 62.4 Å². The van der Waals surface area contributed by atoms with Gasteiger partial charge in [-0.2, -0.15) is 0 Å². The van der Waals surface area contributed by atoms with Crippen molar-refractivity contribution in [2.45, 2.75) is 38.5 Å². The fourth-order valence-electron chi connectivity index (χ4n) is 3.58. The number of hydrogen-bond donors (Lipinski definition) is 0. The molecule has 1 aliphatic heterocycles. The van der Waals surface area contributed by atoms with E-state index in [0.717, 1.165) is 36.9 Å². The summed E-state index contributed by atoms with van der Waals surface area (Å²) in [4.78, 5) is 15.2. The zero-order valence-corrected chi connectivity index (χ0v) is 12.8. The third-order valence-corrected chi connectivity index (χ3v) is 4.75. The summed E-state index contributed by atoms with van der Waals surface area (Å²) in [7, 11) is 0. The Morgan fingerprint density at radius 2 is 1.81 bits per heavy atom. The third-order valence-electron chi connectivity index (χ3n) is 4.75. The maximum atomic E-state index is 12.7. The Labute approximate surface area is 127 Å². The number of nitrogens with zero attached hydrogens (tertiary/aromatic N) is 1. The topological polar surface area (TPSA) is 20.3 Å². The quantitative estimate of drug-likeness (QED) is 0.784. The van der Waals surface area contributed by atoms with Crippen molar-refractivity contribution >= 4 is 11.9 Å². The van der Waals surface area contributed by atoms with Gasteiger partial charge in [0.1, 0.15) is 0 Å². The van der Waals surface area contributed by atoms with E-state index in [1.807, 2.05) is 18.2 Å². The summed E-state index contributed by atoms with van der Waals surface area (Å²) in [5.41, 5.74) is 2.19. The summed E-state index contributed by atoms with van der Waals surface area (Å²) in [5.74, 6) is 0.627. The summed E-state index contributed by atoms with van der Waals surface area (Å²) >= 11 is 0. The molecule has 21 heavy (non-hydrogen) atoms. The average Bonchev–Trinajstić information content (AvgIpc) is 2.53. The Morgan fingerprint density at radius 3 is 2.57 bits per heavy atom. The van der Waals surface area contributed by atoms with E-state index < -0.39 is 0 Å². The van der Waals surface area contributed by atoms with Gasteiger partial charge in [-0.25, -0.2) is 0 Å². The van der Waals surface area contributed by atoms with E-state index in [1.165, 1.54) is 32.4 Å². The molecule has 1 aliphatic carbocycles. The van der Waals surface area contributed by atoms with Crippen LogP contribution < -0.4 is 0 Å². The second kappa shape index (κ2) is 7.04. The molecule has 0 bridgehead atoms. The fourth-order valence-corrected chi connectivity index (χ4v) is 3.58. The number of rotatable bonds is 3. The highest BCUT2D eigenvalue weighted by atomic mass is 16.1. The lowest BCUT2D eigenvalue weighted by Crippen LogP contribution is -2.38. The van der Waals surface area contributed by atoms with Crippen molar-refractivity contribution in [3.63, 3.8) is 0 Å². The molecular weight excluding hydrogens is 258 g/mol. The second-order valence-corrected chi connectivity index (χ2v) is 6.39. The Hall–Kier alpha value is -1.41. The molecule has 0 N–H and O–H groups in total. The van der Waals surface area contributed by atoms with Gasteiger partial charge in [-0.15, -0.1) is 0 Å². The number of piperidine rings is 1. The second-order valence-electron chi connectivity index (χ2n) is 6.39. The minimum atomic E-state index is 0.229. The number of carbonyl (C=O) groups is 1. The molecule has 0 radical (unpaired) electrons. The zero-order valence-electron chi connectivity index (χ0n) is 12.8. The molecule has 2 nitrogen and oxygen atoms in total. The van der Waals surface area contributed by atoms with Crippen LogP contribution in [0, 0.1) is 5.92 Å². The first-order valence-electron chi connectivity index (χ1n) is 8.35. The van der Waals surface area contributed by atoms with Crippen molar-refractivity contribution in [2.24, 2.45) is 5.92 Å². The van der Waals surface area contributed by atoms with Crippen LogP contribution in [0.4, 0.5) is 0 Å². The van der Waals surface area contributed by atoms with Gasteiger partial charge >= 0.3 is 0 Å². The Bertz CT molecular complexity index is 500. The van der Waals surface area contributed by atoms with E-state index in [1.54, 1.807) is 0 Å². The highest BCUT2D eigenvalue weighted by Gasteiger charge is 2.28. The monoisotopic (exact) mass is 283 g/mol. The van der Waals surface area contributed by atoms with Gasteiger partial charge in [-0.3, -0.25) is 4.79 Å². The smallest absolute Gasteiger partial charge is 0.163 e. The number of Topliss-reactive ketones (excluding diaryl/α,β-unsaturated/α-hetero) is 1. The first-order chi connectivity index (χ1) is 10.3. The van der Waals surface area contributed by atoms with E-state index in [0.29, 0.717) is 5.78 Å². The van der Waals surface area contributed by atoms with Crippen molar-refractivity contribution in [3.05, 3.63) is 41.5 Å². The summed E-state index contributed by atoms with van der Waals surface area (Å²) in [5, 5.41) is 0. The van der Waals surface area contributed by atoms with Gasteiger partial charge < -0.3 is 4.90 Å². The van der Waals surface area contributed by atoms with Gasteiger partial charge in [0.05, 0.1) is 0 Å².